The van der Waals surface area contributed by atoms with Gasteiger partial charge in [-0.05, 0) is 35.9 Å². The molecule has 3 nitrogen and oxygen atoms in total. The first kappa shape index (κ1) is 14.9. The van der Waals surface area contributed by atoms with Crippen molar-refractivity contribution in [3.05, 3.63) is 56.2 Å². The van der Waals surface area contributed by atoms with E-state index in [0.717, 1.165) is 11.0 Å². The Hall–Kier alpha value is -1.49. The van der Waals surface area contributed by atoms with Crippen molar-refractivity contribution in [2.24, 2.45) is 0 Å². The van der Waals surface area contributed by atoms with Gasteiger partial charge < -0.3 is 9.84 Å². The van der Waals surface area contributed by atoms with E-state index in [1.807, 2.05) is 12.1 Å². The molecule has 1 heterocycles. The van der Waals surface area contributed by atoms with Crippen molar-refractivity contribution in [2.45, 2.75) is 6.61 Å². The van der Waals surface area contributed by atoms with Crippen LogP contribution in [0, 0.1) is 0 Å². The summed E-state index contributed by atoms with van der Waals surface area (Å²) >= 11 is 13.4. The largest absolute Gasteiger partial charge is 0.487 e. The first-order chi connectivity index (χ1) is 9.54. The molecule has 0 bridgehead atoms. The summed E-state index contributed by atoms with van der Waals surface area (Å²) in [5.41, 5.74) is 0.698. The van der Waals surface area contributed by atoms with Crippen LogP contribution >= 0.6 is 34.5 Å². The quantitative estimate of drug-likeness (QED) is 0.807. The fourth-order valence-corrected chi connectivity index (χ4v) is 2.73. The highest BCUT2D eigenvalue weighted by atomic mass is 35.5. The molecule has 0 unspecified atom stereocenters. The second-order valence-corrected chi connectivity index (χ2v) is 6.06. The number of carbonyl (C=O) groups is 1. The average molecular weight is 329 g/mol. The number of carboxylic acid groups (broad SMARTS) is 1. The van der Waals surface area contributed by atoms with Gasteiger partial charge in [0.25, 0.3) is 0 Å². The van der Waals surface area contributed by atoms with Gasteiger partial charge in [0.1, 0.15) is 12.4 Å². The summed E-state index contributed by atoms with van der Waals surface area (Å²) in [4.78, 5) is 11.4. The molecule has 1 aromatic heterocycles. The second-order valence-electron chi connectivity index (χ2n) is 3.86. The SMILES string of the molecule is O=C(O)C=Cc1ccc(OCc2ccc(Cl)s2)c(Cl)c1. The lowest BCUT2D eigenvalue weighted by atomic mass is 10.2. The lowest BCUT2D eigenvalue weighted by Gasteiger charge is -2.07. The predicted octanol–water partition coefficient (Wildman–Crippen LogP) is 4.73. The fraction of sp³-hybridized carbons (Fsp3) is 0.0714. The smallest absolute Gasteiger partial charge is 0.328 e. The molecule has 0 amide bonds. The summed E-state index contributed by atoms with van der Waals surface area (Å²) in [7, 11) is 0. The van der Waals surface area contributed by atoms with Gasteiger partial charge in [-0.2, -0.15) is 0 Å². The van der Waals surface area contributed by atoms with Crippen LogP contribution in [-0.2, 0) is 11.4 Å². The highest BCUT2D eigenvalue weighted by molar-refractivity contribution is 7.16. The Morgan fingerprint density at radius 3 is 2.70 bits per heavy atom. The average Bonchev–Trinajstić information content (AvgIpc) is 2.81. The minimum atomic E-state index is -1.00. The predicted molar refractivity (Wildman–Crippen MR) is 81.8 cm³/mol. The number of benzene rings is 1. The van der Waals surface area contributed by atoms with Crippen LogP contribution in [0.2, 0.25) is 9.36 Å². The normalized spacial score (nSPS) is 10.9. The molecule has 0 spiro atoms. The molecular weight excluding hydrogens is 319 g/mol. The number of hydrogen-bond acceptors (Lipinski definition) is 3. The van der Waals surface area contributed by atoms with Crippen molar-refractivity contribution in [3.63, 3.8) is 0 Å². The third-order valence-corrected chi connectivity index (χ3v) is 3.87. The second kappa shape index (κ2) is 6.79. The molecule has 0 saturated heterocycles. The van der Waals surface area contributed by atoms with Gasteiger partial charge in [0.05, 0.1) is 9.36 Å². The van der Waals surface area contributed by atoms with Crippen molar-refractivity contribution < 1.29 is 14.6 Å². The van der Waals surface area contributed by atoms with E-state index in [0.29, 0.717) is 27.3 Å². The van der Waals surface area contributed by atoms with E-state index in [-0.39, 0.29) is 0 Å². The van der Waals surface area contributed by atoms with E-state index in [4.69, 9.17) is 33.0 Å². The van der Waals surface area contributed by atoms with E-state index < -0.39 is 5.97 Å². The fourth-order valence-electron chi connectivity index (χ4n) is 1.48. The third-order valence-electron chi connectivity index (χ3n) is 2.37. The maximum Gasteiger partial charge on any atom is 0.328 e. The summed E-state index contributed by atoms with van der Waals surface area (Å²) in [6, 6.07) is 8.80. The van der Waals surface area contributed by atoms with Gasteiger partial charge in [0, 0.05) is 11.0 Å². The van der Waals surface area contributed by atoms with E-state index in [2.05, 4.69) is 0 Å². The van der Waals surface area contributed by atoms with Crippen LogP contribution in [0.15, 0.2) is 36.4 Å². The lowest BCUT2D eigenvalue weighted by Crippen LogP contribution is -1.93. The third kappa shape index (κ3) is 4.27. The summed E-state index contributed by atoms with van der Waals surface area (Å²) < 4.78 is 6.31. The molecule has 0 radical (unpaired) electrons. The molecule has 6 heteroatoms. The van der Waals surface area contributed by atoms with Crippen LogP contribution in [0.1, 0.15) is 10.4 Å². The number of thiophene rings is 1. The van der Waals surface area contributed by atoms with Crippen LogP contribution in [0.4, 0.5) is 0 Å². The van der Waals surface area contributed by atoms with Gasteiger partial charge in [-0.3, -0.25) is 0 Å². The zero-order valence-electron chi connectivity index (χ0n) is 10.2. The van der Waals surface area contributed by atoms with Gasteiger partial charge in [0.15, 0.2) is 0 Å². The standard InChI is InChI=1S/C14H10Cl2O3S/c15-11-7-9(2-6-14(17)18)1-4-12(11)19-8-10-3-5-13(16)20-10/h1-7H,8H2,(H,17,18). The first-order valence-corrected chi connectivity index (χ1v) is 7.19. The molecule has 0 aliphatic carbocycles. The number of ether oxygens (including phenoxy) is 1. The van der Waals surface area contributed by atoms with Crippen LogP contribution in [0.3, 0.4) is 0 Å². The summed E-state index contributed by atoms with van der Waals surface area (Å²) in [5.74, 6) is -0.459. The Morgan fingerprint density at radius 2 is 2.10 bits per heavy atom. The van der Waals surface area contributed by atoms with Gasteiger partial charge in [-0.15, -0.1) is 11.3 Å². The van der Waals surface area contributed by atoms with Crippen molar-refractivity contribution in [1.82, 2.24) is 0 Å². The van der Waals surface area contributed by atoms with Crippen LogP contribution < -0.4 is 4.74 Å². The highest BCUT2D eigenvalue weighted by Crippen LogP contribution is 2.28. The van der Waals surface area contributed by atoms with Gasteiger partial charge in [-0.25, -0.2) is 4.79 Å². The molecule has 1 aromatic carbocycles. The van der Waals surface area contributed by atoms with E-state index in [9.17, 15) is 4.79 Å². The Kier molecular flexibility index (Phi) is 5.06. The Bertz CT molecular complexity index is 650. The molecule has 0 aliphatic rings. The number of carboxylic acids is 1. The molecular formula is C14H10Cl2O3S. The maximum atomic E-state index is 10.4. The molecule has 104 valence electrons. The Balaban J connectivity index is 2.04. The molecule has 2 aromatic rings. The van der Waals surface area contributed by atoms with E-state index >= 15 is 0 Å². The van der Waals surface area contributed by atoms with Crippen LogP contribution in [-0.4, -0.2) is 11.1 Å². The topological polar surface area (TPSA) is 46.5 Å². The Morgan fingerprint density at radius 1 is 1.30 bits per heavy atom. The van der Waals surface area contributed by atoms with E-state index in [1.165, 1.54) is 17.4 Å². The summed E-state index contributed by atoms with van der Waals surface area (Å²) in [6.45, 7) is 0.390. The molecule has 2 rings (SSSR count). The first-order valence-electron chi connectivity index (χ1n) is 5.62. The number of rotatable bonds is 5. The Labute approximate surface area is 130 Å². The number of halogens is 2. The number of hydrogen-bond donors (Lipinski definition) is 1. The zero-order chi connectivity index (χ0) is 14.5. The minimum absolute atomic E-state index is 0.390. The van der Waals surface area contributed by atoms with Crippen LogP contribution in [0.25, 0.3) is 6.08 Å². The van der Waals surface area contributed by atoms with Gasteiger partial charge in [0.2, 0.25) is 0 Å². The monoisotopic (exact) mass is 328 g/mol. The van der Waals surface area contributed by atoms with Crippen molar-refractivity contribution >= 4 is 46.6 Å². The molecule has 0 fully saturated rings. The zero-order valence-corrected chi connectivity index (χ0v) is 12.5. The maximum absolute atomic E-state index is 10.4. The molecule has 0 aliphatic heterocycles. The van der Waals surface area contributed by atoms with Gasteiger partial charge in [-0.1, -0.05) is 29.3 Å². The highest BCUT2D eigenvalue weighted by Gasteiger charge is 2.04. The molecule has 20 heavy (non-hydrogen) atoms. The minimum Gasteiger partial charge on any atom is -0.487 e. The number of aliphatic carboxylic acids is 1. The molecule has 0 saturated carbocycles. The van der Waals surface area contributed by atoms with Crippen molar-refractivity contribution in [2.75, 3.05) is 0 Å². The van der Waals surface area contributed by atoms with Crippen molar-refractivity contribution in [1.29, 1.82) is 0 Å². The van der Waals surface area contributed by atoms with Gasteiger partial charge >= 0.3 is 5.97 Å². The van der Waals surface area contributed by atoms with Crippen molar-refractivity contribution in [3.8, 4) is 5.75 Å². The van der Waals surface area contributed by atoms with Crippen LogP contribution in [0.5, 0.6) is 5.75 Å². The van der Waals surface area contributed by atoms with E-state index in [1.54, 1.807) is 18.2 Å². The summed E-state index contributed by atoms with van der Waals surface area (Å²) in [6.07, 6.45) is 2.52. The summed E-state index contributed by atoms with van der Waals surface area (Å²) in [5, 5.41) is 8.99. The lowest BCUT2D eigenvalue weighted by molar-refractivity contribution is -0.131. The molecule has 1 N–H and O–H groups in total. The molecule has 0 atom stereocenters.